The number of hydrogen-bond acceptors (Lipinski definition) is 5. The zero-order chi connectivity index (χ0) is 19.6. The maximum Gasteiger partial charge on any atom is 0.258 e. The van der Waals surface area contributed by atoms with Gasteiger partial charge in [0, 0.05) is 23.4 Å². The molecule has 0 spiro atoms. The number of benzene rings is 2. The second-order valence-corrected chi connectivity index (χ2v) is 6.51. The molecule has 1 N–H and O–H groups in total. The van der Waals surface area contributed by atoms with Gasteiger partial charge < -0.3 is 24.4 Å². The Morgan fingerprint density at radius 1 is 1.04 bits per heavy atom. The third-order valence-corrected chi connectivity index (χ3v) is 5.06. The Morgan fingerprint density at radius 2 is 1.67 bits per heavy atom. The van der Waals surface area contributed by atoms with E-state index in [2.05, 4.69) is 12.2 Å². The van der Waals surface area contributed by atoms with Crippen LogP contribution in [0.3, 0.4) is 0 Å². The molecule has 2 atom stereocenters. The average molecular weight is 370 g/mol. The van der Waals surface area contributed by atoms with E-state index in [1.54, 1.807) is 27.4 Å². The summed E-state index contributed by atoms with van der Waals surface area (Å²) in [6, 6.07) is 11.3. The number of carbonyl (C=O) groups excluding carboxylic acids is 1. The number of rotatable bonds is 6. The molecular formula is C21H26N2O4. The third kappa shape index (κ3) is 3.27. The first-order valence-corrected chi connectivity index (χ1v) is 9.03. The quantitative estimate of drug-likeness (QED) is 0.830. The number of ether oxygens (including phenoxy) is 3. The predicted octanol–water partition coefficient (Wildman–Crippen LogP) is 4.08. The molecule has 1 aliphatic heterocycles. The number of fused-ring (bicyclic) bond motifs is 1. The van der Waals surface area contributed by atoms with Crippen LogP contribution in [0.25, 0.3) is 0 Å². The second kappa shape index (κ2) is 7.78. The summed E-state index contributed by atoms with van der Waals surface area (Å²) in [6.45, 7) is 4.12. The smallest absolute Gasteiger partial charge is 0.258 e. The molecule has 0 fully saturated rings. The van der Waals surface area contributed by atoms with Crippen LogP contribution in [-0.4, -0.2) is 38.2 Å². The molecule has 0 aromatic heterocycles. The molecule has 0 saturated carbocycles. The topological polar surface area (TPSA) is 60.0 Å². The normalized spacial score (nSPS) is 17.0. The molecule has 0 bridgehead atoms. The molecule has 2 aromatic carbocycles. The minimum Gasteiger partial charge on any atom is -0.496 e. The van der Waals surface area contributed by atoms with Gasteiger partial charge in [-0.2, -0.15) is 0 Å². The number of carbonyl (C=O) groups is 1. The van der Waals surface area contributed by atoms with Crippen molar-refractivity contribution in [3.05, 3.63) is 47.5 Å². The van der Waals surface area contributed by atoms with Gasteiger partial charge in [0.15, 0.2) is 11.5 Å². The standard InChI is InChI=1S/C21H26N2O4/c1-6-13(2)23-20(22-16-10-8-7-9-14(16)21(23)24)15-11-18(26-4)19(27-5)12-17(15)25-3/h7-13,20,22H,6H2,1-5H3/t13-,20-/m1/s1. The van der Waals surface area contributed by atoms with Crippen molar-refractivity contribution in [1.82, 2.24) is 4.90 Å². The van der Waals surface area contributed by atoms with Crippen molar-refractivity contribution in [1.29, 1.82) is 0 Å². The summed E-state index contributed by atoms with van der Waals surface area (Å²) in [4.78, 5) is 15.1. The molecular weight excluding hydrogens is 344 g/mol. The van der Waals surface area contributed by atoms with Gasteiger partial charge in [0.25, 0.3) is 5.91 Å². The lowest BCUT2D eigenvalue weighted by molar-refractivity contribution is 0.0591. The highest BCUT2D eigenvalue weighted by Gasteiger charge is 2.37. The number of nitrogens with zero attached hydrogens (tertiary/aromatic N) is 1. The molecule has 0 radical (unpaired) electrons. The Labute approximate surface area is 160 Å². The Balaban J connectivity index is 2.17. The first-order chi connectivity index (χ1) is 13.0. The Kier molecular flexibility index (Phi) is 5.44. The number of methoxy groups -OCH3 is 3. The Hall–Kier alpha value is -2.89. The van der Waals surface area contributed by atoms with Crippen LogP contribution in [0, 0.1) is 0 Å². The molecule has 2 aromatic rings. The van der Waals surface area contributed by atoms with Crippen LogP contribution in [-0.2, 0) is 0 Å². The van der Waals surface area contributed by atoms with Gasteiger partial charge in [0.05, 0.1) is 26.9 Å². The highest BCUT2D eigenvalue weighted by atomic mass is 16.5. The molecule has 1 amide bonds. The van der Waals surface area contributed by atoms with E-state index in [9.17, 15) is 4.79 Å². The van der Waals surface area contributed by atoms with Crippen molar-refractivity contribution in [2.45, 2.75) is 32.5 Å². The van der Waals surface area contributed by atoms with Gasteiger partial charge in [-0.05, 0) is 31.5 Å². The Bertz CT molecular complexity index is 837. The molecule has 144 valence electrons. The minimum atomic E-state index is -0.378. The predicted molar refractivity (Wildman–Crippen MR) is 105 cm³/mol. The van der Waals surface area contributed by atoms with Crippen LogP contribution in [0.1, 0.15) is 42.4 Å². The van der Waals surface area contributed by atoms with Gasteiger partial charge in [0.2, 0.25) is 0 Å². The SMILES string of the molecule is CC[C@@H](C)N1C(=O)c2ccccc2N[C@H]1c1cc(OC)c(OC)cc1OC. The molecule has 0 aliphatic carbocycles. The average Bonchev–Trinajstić information content (AvgIpc) is 2.72. The maximum atomic E-state index is 13.3. The first-order valence-electron chi connectivity index (χ1n) is 9.03. The van der Waals surface area contributed by atoms with E-state index in [-0.39, 0.29) is 18.1 Å². The van der Waals surface area contributed by atoms with Crippen molar-refractivity contribution < 1.29 is 19.0 Å². The van der Waals surface area contributed by atoms with Crippen molar-refractivity contribution in [2.24, 2.45) is 0 Å². The molecule has 1 heterocycles. The van der Waals surface area contributed by atoms with Crippen LogP contribution in [0.5, 0.6) is 17.2 Å². The lowest BCUT2D eigenvalue weighted by Gasteiger charge is -2.42. The molecule has 6 heteroatoms. The summed E-state index contributed by atoms with van der Waals surface area (Å²) in [5, 5.41) is 3.50. The number of amides is 1. The summed E-state index contributed by atoms with van der Waals surface area (Å²) >= 11 is 0. The number of nitrogens with one attached hydrogen (secondary N) is 1. The van der Waals surface area contributed by atoms with Crippen LogP contribution in [0.4, 0.5) is 5.69 Å². The van der Waals surface area contributed by atoms with E-state index in [0.717, 1.165) is 17.7 Å². The fourth-order valence-corrected chi connectivity index (χ4v) is 3.41. The molecule has 27 heavy (non-hydrogen) atoms. The van der Waals surface area contributed by atoms with Crippen molar-refractivity contribution in [3.8, 4) is 17.2 Å². The Morgan fingerprint density at radius 3 is 2.30 bits per heavy atom. The van der Waals surface area contributed by atoms with E-state index in [4.69, 9.17) is 14.2 Å². The maximum absolute atomic E-state index is 13.3. The summed E-state index contributed by atoms with van der Waals surface area (Å²) in [5.41, 5.74) is 2.30. The lowest BCUT2D eigenvalue weighted by atomic mass is 9.99. The number of hydrogen-bond donors (Lipinski definition) is 1. The van der Waals surface area contributed by atoms with Gasteiger partial charge in [0.1, 0.15) is 11.9 Å². The summed E-state index contributed by atoms with van der Waals surface area (Å²) in [7, 11) is 4.79. The zero-order valence-electron chi connectivity index (χ0n) is 16.4. The van der Waals surface area contributed by atoms with Crippen LogP contribution in [0.15, 0.2) is 36.4 Å². The van der Waals surface area contributed by atoms with E-state index < -0.39 is 0 Å². The van der Waals surface area contributed by atoms with Gasteiger partial charge >= 0.3 is 0 Å². The van der Waals surface area contributed by atoms with E-state index in [0.29, 0.717) is 22.8 Å². The molecule has 3 rings (SSSR count). The zero-order valence-corrected chi connectivity index (χ0v) is 16.4. The summed E-state index contributed by atoms with van der Waals surface area (Å²) < 4.78 is 16.5. The van der Waals surface area contributed by atoms with Crippen LogP contribution >= 0.6 is 0 Å². The first kappa shape index (κ1) is 18.9. The fraction of sp³-hybridized carbons (Fsp3) is 0.381. The molecule has 6 nitrogen and oxygen atoms in total. The second-order valence-electron chi connectivity index (χ2n) is 6.51. The third-order valence-electron chi connectivity index (χ3n) is 5.06. The van der Waals surface area contributed by atoms with Gasteiger partial charge in [-0.3, -0.25) is 4.79 Å². The van der Waals surface area contributed by atoms with E-state index in [1.165, 1.54) is 0 Å². The van der Waals surface area contributed by atoms with Crippen molar-refractivity contribution in [2.75, 3.05) is 26.6 Å². The van der Waals surface area contributed by atoms with Crippen LogP contribution in [0.2, 0.25) is 0 Å². The molecule has 0 unspecified atom stereocenters. The number of anilines is 1. The monoisotopic (exact) mass is 370 g/mol. The highest BCUT2D eigenvalue weighted by molar-refractivity contribution is 6.02. The molecule has 1 aliphatic rings. The lowest BCUT2D eigenvalue weighted by Crippen LogP contribution is -2.47. The summed E-state index contributed by atoms with van der Waals surface area (Å²) in [5.74, 6) is 1.80. The number of para-hydroxylation sites is 1. The van der Waals surface area contributed by atoms with Gasteiger partial charge in [-0.25, -0.2) is 0 Å². The van der Waals surface area contributed by atoms with E-state index in [1.807, 2.05) is 42.2 Å². The highest BCUT2D eigenvalue weighted by Crippen LogP contribution is 2.42. The van der Waals surface area contributed by atoms with Crippen molar-refractivity contribution in [3.63, 3.8) is 0 Å². The minimum absolute atomic E-state index is 0.000498. The van der Waals surface area contributed by atoms with Gasteiger partial charge in [-0.1, -0.05) is 19.1 Å². The van der Waals surface area contributed by atoms with Crippen LogP contribution < -0.4 is 19.5 Å². The van der Waals surface area contributed by atoms with Gasteiger partial charge in [-0.15, -0.1) is 0 Å². The van der Waals surface area contributed by atoms with E-state index >= 15 is 0 Å². The molecule has 0 saturated heterocycles. The van der Waals surface area contributed by atoms with Crippen molar-refractivity contribution >= 4 is 11.6 Å². The summed E-state index contributed by atoms with van der Waals surface area (Å²) in [6.07, 6.45) is 0.457. The largest absolute Gasteiger partial charge is 0.496 e. The fourth-order valence-electron chi connectivity index (χ4n) is 3.41.